The molecule has 1 amide bonds. The summed E-state index contributed by atoms with van der Waals surface area (Å²) in [6, 6.07) is 15.0. The van der Waals surface area contributed by atoms with E-state index in [1.807, 2.05) is 35.2 Å². The minimum atomic E-state index is -0.657. The van der Waals surface area contributed by atoms with Crippen LogP contribution in [0.1, 0.15) is 30.0 Å². The molecule has 0 aromatic heterocycles. The van der Waals surface area contributed by atoms with E-state index in [2.05, 4.69) is 0 Å². The monoisotopic (exact) mass is 348 g/mol. The Bertz CT molecular complexity index is 659. The number of rotatable bonds is 6. The minimum Gasteiger partial charge on any atom is -0.336 e. The van der Waals surface area contributed by atoms with Gasteiger partial charge in [0.1, 0.15) is 11.9 Å². The molecule has 0 aliphatic heterocycles. The molecule has 0 heterocycles. The minimum absolute atomic E-state index is 0. The van der Waals surface area contributed by atoms with Crippen LogP contribution >= 0.6 is 12.4 Å². The van der Waals surface area contributed by atoms with E-state index in [4.69, 9.17) is 5.73 Å². The first-order chi connectivity index (χ1) is 11.1. The Labute approximate surface area is 148 Å². The molecule has 0 saturated heterocycles. The number of carbonyl (C=O) groups is 1. The summed E-state index contributed by atoms with van der Waals surface area (Å²) in [6.07, 6.45) is 2.32. The van der Waals surface area contributed by atoms with Gasteiger partial charge in [0.15, 0.2) is 0 Å². The first kappa shape index (κ1) is 18.4. The summed E-state index contributed by atoms with van der Waals surface area (Å²) in [5.41, 5.74) is 7.90. The highest BCUT2D eigenvalue weighted by molar-refractivity contribution is 5.85. The van der Waals surface area contributed by atoms with Crippen LogP contribution in [0.5, 0.6) is 0 Å². The molecule has 1 atom stereocenters. The quantitative estimate of drug-likeness (QED) is 0.865. The number of hydrogen-bond acceptors (Lipinski definition) is 2. The number of nitrogens with two attached hydrogens (primary N) is 1. The molecule has 2 N–H and O–H groups in total. The van der Waals surface area contributed by atoms with Crippen molar-refractivity contribution in [3.05, 3.63) is 71.5 Å². The number of nitrogens with zero attached hydrogens (tertiary/aromatic N) is 1. The lowest BCUT2D eigenvalue weighted by molar-refractivity contribution is -0.133. The molecule has 3 rings (SSSR count). The Kier molecular flexibility index (Phi) is 6.35. The Morgan fingerprint density at radius 3 is 2.33 bits per heavy atom. The van der Waals surface area contributed by atoms with Crippen LogP contribution in [-0.2, 0) is 11.3 Å². The highest BCUT2D eigenvalue weighted by atomic mass is 35.5. The summed E-state index contributed by atoms with van der Waals surface area (Å²) in [5.74, 6) is 0.226. The van der Waals surface area contributed by atoms with Crippen LogP contribution in [0, 0.1) is 11.7 Å². The lowest BCUT2D eigenvalue weighted by Crippen LogP contribution is -2.39. The van der Waals surface area contributed by atoms with Gasteiger partial charge in [0, 0.05) is 13.1 Å². The van der Waals surface area contributed by atoms with E-state index in [1.165, 1.54) is 12.1 Å². The third kappa shape index (κ3) is 4.79. The van der Waals surface area contributed by atoms with Gasteiger partial charge in [-0.2, -0.15) is 0 Å². The molecule has 0 radical (unpaired) electrons. The number of halogens is 2. The topological polar surface area (TPSA) is 46.3 Å². The zero-order chi connectivity index (χ0) is 16.2. The Morgan fingerprint density at radius 2 is 1.75 bits per heavy atom. The summed E-state index contributed by atoms with van der Waals surface area (Å²) in [4.78, 5) is 14.6. The second kappa shape index (κ2) is 8.27. The second-order valence-corrected chi connectivity index (χ2v) is 6.18. The van der Waals surface area contributed by atoms with E-state index in [-0.39, 0.29) is 24.1 Å². The van der Waals surface area contributed by atoms with E-state index >= 15 is 0 Å². The maximum Gasteiger partial charge on any atom is 0.244 e. The van der Waals surface area contributed by atoms with E-state index in [0.29, 0.717) is 12.5 Å². The van der Waals surface area contributed by atoms with E-state index in [0.717, 1.165) is 30.5 Å². The van der Waals surface area contributed by atoms with Crippen LogP contribution in [0.4, 0.5) is 4.39 Å². The molecular weight excluding hydrogens is 327 g/mol. The first-order valence-corrected chi connectivity index (χ1v) is 7.97. The van der Waals surface area contributed by atoms with Gasteiger partial charge in [-0.15, -0.1) is 12.4 Å². The fraction of sp³-hybridized carbons (Fsp3) is 0.316. The van der Waals surface area contributed by atoms with Crippen LogP contribution in [0.3, 0.4) is 0 Å². The molecule has 24 heavy (non-hydrogen) atoms. The summed E-state index contributed by atoms with van der Waals surface area (Å²) in [5, 5.41) is 0. The van der Waals surface area contributed by atoms with Crippen LogP contribution < -0.4 is 5.73 Å². The van der Waals surface area contributed by atoms with Crippen LogP contribution in [0.2, 0.25) is 0 Å². The lowest BCUT2D eigenvalue weighted by Gasteiger charge is -2.26. The second-order valence-electron chi connectivity index (χ2n) is 6.18. The standard InChI is InChI=1S/C19H21FN2O.ClH/c20-17-10-8-15(9-11-17)13-22(12-14-6-7-14)19(23)18(21)16-4-2-1-3-5-16;/h1-5,8-11,14,18H,6-7,12-13,21H2;1H. The molecule has 1 aliphatic carbocycles. The van der Waals surface area contributed by atoms with Crippen LogP contribution in [0.15, 0.2) is 54.6 Å². The fourth-order valence-corrected chi connectivity index (χ4v) is 2.65. The Morgan fingerprint density at radius 1 is 1.12 bits per heavy atom. The van der Waals surface area contributed by atoms with Crippen molar-refractivity contribution in [1.29, 1.82) is 0 Å². The molecule has 5 heteroatoms. The molecule has 1 unspecified atom stereocenters. The van der Waals surface area contributed by atoms with Gasteiger partial charge in [-0.1, -0.05) is 42.5 Å². The van der Waals surface area contributed by atoms with Gasteiger partial charge in [0.2, 0.25) is 5.91 Å². The van der Waals surface area contributed by atoms with Gasteiger partial charge >= 0.3 is 0 Å². The Hall–Kier alpha value is -1.91. The average molecular weight is 349 g/mol. The van der Waals surface area contributed by atoms with Crippen LogP contribution in [0.25, 0.3) is 0 Å². The summed E-state index contributed by atoms with van der Waals surface area (Å²) < 4.78 is 13.1. The van der Waals surface area contributed by atoms with Gasteiger partial charge in [-0.05, 0) is 42.0 Å². The molecule has 128 valence electrons. The molecular formula is C19H22ClFN2O. The molecule has 1 aliphatic rings. The summed E-state index contributed by atoms with van der Waals surface area (Å²) in [6.45, 7) is 1.19. The van der Waals surface area contributed by atoms with E-state index in [9.17, 15) is 9.18 Å². The SMILES string of the molecule is Cl.NC(C(=O)N(Cc1ccc(F)cc1)CC1CC1)c1ccccc1. The predicted octanol–water partition coefficient (Wildman–Crippen LogP) is 3.69. The molecule has 0 spiro atoms. The van der Waals surface area contributed by atoms with Crippen molar-refractivity contribution in [1.82, 2.24) is 4.90 Å². The number of hydrogen-bond donors (Lipinski definition) is 1. The first-order valence-electron chi connectivity index (χ1n) is 7.97. The van der Waals surface area contributed by atoms with Crippen molar-refractivity contribution in [2.24, 2.45) is 11.7 Å². The van der Waals surface area contributed by atoms with Crippen molar-refractivity contribution in [2.75, 3.05) is 6.54 Å². The molecule has 1 fully saturated rings. The van der Waals surface area contributed by atoms with Gasteiger partial charge < -0.3 is 10.6 Å². The van der Waals surface area contributed by atoms with Crippen molar-refractivity contribution in [2.45, 2.75) is 25.4 Å². The van der Waals surface area contributed by atoms with Crippen molar-refractivity contribution in [3.8, 4) is 0 Å². The third-order valence-electron chi connectivity index (χ3n) is 4.20. The maximum atomic E-state index is 13.1. The Balaban J connectivity index is 0.00000208. The smallest absolute Gasteiger partial charge is 0.244 e. The lowest BCUT2D eigenvalue weighted by atomic mass is 10.1. The third-order valence-corrected chi connectivity index (χ3v) is 4.20. The average Bonchev–Trinajstić information content (AvgIpc) is 3.40. The molecule has 2 aromatic rings. The normalized spacial score (nSPS) is 14.6. The van der Waals surface area contributed by atoms with Gasteiger partial charge in [0.25, 0.3) is 0 Å². The fourth-order valence-electron chi connectivity index (χ4n) is 2.65. The number of amides is 1. The largest absolute Gasteiger partial charge is 0.336 e. The van der Waals surface area contributed by atoms with Gasteiger partial charge in [-0.25, -0.2) is 4.39 Å². The molecule has 3 nitrogen and oxygen atoms in total. The van der Waals surface area contributed by atoms with Crippen molar-refractivity contribution < 1.29 is 9.18 Å². The van der Waals surface area contributed by atoms with E-state index in [1.54, 1.807) is 12.1 Å². The highest BCUT2D eigenvalue weighted by Gasteiger charge is 2.29. The molecule has 1 saturated carbocycles. The predicted molar refractivity (Wildman–Crippen MR) is 95.2 cm³/mol. The summed E-state index contributed by atoms with van der Waals surface area (Å²) in [7, 11) is 0. The van der Waals surface area contributed by atoms with E-state index < -0.39 is 6.04 Å². The van der Waals surface area contributed by atoms with Crippen LogP contribution in [-0.4, -0.2) is 17.4 Å². The van der Waals surface area contributed by atoms with Crippen molar-refractivity contribution in [3.63, 3.8) is 0 Å². The zero-order valence-electron chi connectivity index (χ0n) is 13.4. The number of benzene rings is 2. The van der Waals surface area contributed by atoms with Crippen molar-refractivity contribution >= 4 is 18.3 Å². The molecule has 0 bridgehead atoms. The number of carbonyl (C=O) groups excluding carboxylic acids is 1. The summed E-state index contributed by atoms with van der Waals surface area (Å²) >= 11 is 0. The molecule has 2 aromatic carbocycles. The maximum absolute atomic E-state index is 13.1. The zero-order valence-corrected chi connectivity index (χ0v) is 14.2. The van der Waals surface area contributed by atoms with Gasteiger partial charge in [0.05, 0.1) is 0 Å². The highest BCUT2D eigenvalue weighted by Crippen LogP contribution is 2.31. The van der Waals surface area contributed by atoms with Gasteiger partial charge in [-0.3, -0.25) is 4.79 Å².